The summed E-state index contributed by atoms with van der Waals surface area (Å²) in [7, 11) is 4.01. The summed E-state index contributed by atoms with van der Waals surface area (Å²) in [6, 6.07) is 39.3. The van der Waals surface area contributed by atoms with Crippen molar-refractivity contribution in [1.82, 2.24) is 24.3 Å². The number of ketones is 2. The number of halogens is 5. The first kappa shape index (κ1) is 56.1. The summed E-state index contributed by atoms with van der Waals surface area (Å²) in [5, 5.41) is 3.76. The van der Waals surface area contributed by atoms with E-state index in [4.69, 9.17) is 5.73 Å². The number of aromatic nitrogens is 2. The number of Topliss-reactive ketones (excluding diaryl/α,β-unsaturated/α-hetero) is 2. The Kier molecular flexibility index (Phi) is 17.2. The predicted octanol–water partition coefficient (Wildman–Crippen LogP) is 12.2. The zero-order valence-corrected chi connectivity index (χ0v) is 44.4. The van der Waals surface area contributed by atoms with Crippen molar-refractivity contribution < 1.29 is 45.9 Å². The molecule has 10 rings (SSSR count). The van der Waals surface area contributed by atoms with Crippen LogP contribution < -0.4 is 20.9 Å². The highest BCUT2D eigenvalue weighted by Crippen LogP contribution is 2.32. The Bertz CT molecular complexity index is 3560. The maximum atomic E-state index is 15.2. The average molecular weight is 1090 g/mol. The van der Waals surface area contributed by atoms with Crippen molar-refractivity contribution in [3.8, 4) is 22.3 Å². The van der Waals surface area contributed by atoms with Crippen molar-refractivity contribution >= 4 is 62.7 Å². The maximum Gasteiger partial charge on any atom is 0.471 e. The molecule has 2 aromatic heterocycles. The number of rotatable bonds is 13. The van der Waals surface area contributed by atoms with Gasteiger partial charge in [-0.05, 0) is 134 Å². The van der Waals surface area contributed by atoms with Gasteiger partial charge in [0.05, 0.1) is 26.2 Å². The van der Waals surface area contributed by atoms with Gasteiger partial charge in [-0.2, -0.15) is 13.2 Å². The number of anilines is 2. The van der Waals surface area contributed by atoms with Crippen molar-refractivity contribution in [3.63, 3.8) is 0 Å². The van der Waals surface area contributed by atoms with Crippen LogP contribution in [-0.2, 0) is 32.0 Å². The van der Waals surface area contributed by atoms with Crippen molar-refractivity contribution in [2.24, 2.45) is 19.8 Å². The van der Waals surface area contributed by atoms with E-state index in [1.54, 1.807) is 21.9 Å². The lowest BCUT2D eigenvalue weighted by atomic mass is 10.0. The van der Waals surface area contributed by atoms with Crippen LogP contribution in [-0.4, -0.2) is 93.9 Å². The number of hydrogen-bond acceptors (Lipinski definition) is 6. The van der Waals surface area contributed by atoms with E-state index in [-0.39, 0.29) is 54.2 Å². The first-order valence-corrected chi connectivity index (χ1v) is 26.6. The Balaban J connectivity index is 0.000000196. The Hall–Kier alpha value is -8.64. The molecule has 2 fully saturated rings. The number of aryl methyl sites for hydroxylation is 2. The third kappa shape index (κ3) is 12.9. The molecule has 0 unspecified atom stereocenters. The lowest BCUT2D eigenvalue weighted by Gasteiger charge is -2.33. The van der Waals surface area contributed by atoms with E-state index in [1.165, 1.54) is 33.9 Å². The summed E-state index contributed by atoms with van der Waals surface area (Å²) in [6.07, 6.45) is 4.71. The summed E-state index contributed by atoms with van der Waals surface area (Å²) >= 11 is 0. The Morgan fingerprint density at radius 2 is 0.912 bits per heavy atom. The molecule has 0 radical (unpaired) electrons. The molecule has 8 aromatic rings. The van der Waals surface area contributed by atoms with Gasteiger partial charge < -0.3 is 30.0 Å². The number of nitrogens with zero attached hydrogens (tertiary/aromatic N) is 6. The number of nitrogens with one attached hydrogen (secondary N) is 1. The van der Waals surface area contributed by atoms with Crippen molar-refractivity contribution in [2.45, 2.75) is 57.8 Å². The normalized spacial score (nSPS) is 13.7. The van der Waals surface area contributed by atoms with E-state index in [0.717, 1.165) is 83.1 Å². The van der Waals surface area contributed by atoms with Crippen LogP contribution in [0.4, 0.5) is 42.9 Å². The van der Waals surface area contributed by atoms with E-state index >= 15 is 4.39 Å². The van der Waals surface area contributed by atoms with Gasteiger partial charge in [0.1, 0.15) is 11.6 Å². The van der Waals surface area contributed by atoms with Gasteiger partial charge in [-0.15, -0.1) is 0 Å². The van der Waals surface area contributed by atoms with E-state index in [9.17, 15) is 41.5 Å². The number of nitrogens with two attached hydrogens (primary N) is 1. The van der Waals surface area contributed by atoms with Crippen LogP contribution in [0.25, 0.3) is 44.1 Å². The molecular formula is C62H61F5N8O5. The summed E-state index contributed by atoms with van der Waals surface area (Å²) in [4.78, 5) is 69.2. The number of benzene rings is 6. The molecular weight excluding hydrogens is 1030 g/mol. The molecule has 18 heteroatoms. The second kappa shape index (κ2) is 24.6. The zero-order valence-electron chi connectivity index (χ0n) is 44.4. The molecule has 0 spiro atoms. The zero-order chi connectivity index (χ0) is 56.7. The highest BCUT2D eigenvalue weighted by molar-refractivity contribution is 6.00. The minimum atomic E-state index is -5.13. The van der Waals surface area contributed by atoms with Gasteiger partial charge in [0.2, 0.25) is 0 Å². The number of amides is 5. The first-order chi connectivity index (χ1) is 38.4. The van der Waals surface area contributed by atoms with E-state index in [0.29, 0.717) is 43.1 Å². The number of fused-ring (bicyclic) bond motifs is 2. The van der Waals surface area contributed by atoms with Gasteiger partial charge in [0.15, 0.2) is 11.6 Å². The largest absolute Gasteiger partial charge is 0.471 e. The SMILES string of the molecule is Cn1ccc2cc(-c3ccc(N(Cc4ccc(C(=O)CN)cc4F)C(=O)N4CCCCC4)cc3)ccc21.Cn1ccc2cc(-c3ccc(N(Cc4ccc(C(=O)CNC(=O)C(F)(F)F)cc4F)C(=O)N4CCCCC4)cc3)ccc21. The molecule has 80 heavy (non-hydrogen) atoms. The van der Waals surface area contributed by atoms with Gasteiger partial charge in [-0.1, -0.05) is 60.7 Å². The van der Waals surface area contributed by atoms with Crippen LogP contribution >= 0.6 is 0 Å². The standard InChI is InChI=1S/C32H30F4N4O3.C30H31FN4O2/c1-38-16-13-23-17-22(9-12-28(23)38)21-7-10-26(11-8-21)40(31(43)39-14-3-2-4-15-39)20-25-6-5-24(18-27(25)33)29(41)19-37-30(42)32(34,35)36;1-33-16-13-23-17-22(9-12-28(23)33)21-7-10-26(11-8-21)35(30(37)34-14-3-2-4-15-34)20-25-6-5-24(18-27(25)31)29(36)19-32/h5-13,16-18H,2-4,14-15,19-20H2,1H3,(H,37,42);5-13,16-18H,2-4,14-15,19-20,32H2,1H3. The smallest absolute Gasteiger partial charge is 0.351 e. The fourth-order valence-electron chi connectivity index (χ4n) is 10.2. The third-order valence-corrected chi connectivity index (χ3v) is 14.8. The van der Waals surface area contributed by atoms with Gasteiger partial charge in [-0.25, -0.2) is 18.4 Å². The Morgan fingerprint density at radius 1 is 0.512 bits per heavy atom. The van der Waals surface area contributed by atoms with E-state index in [2.05, 4.69) is 34.9 Å². The van der Waals surface area contributed by atoms with Crippen LogP contribution in [0.2, 0.25) is 0 Å². The van der Waals surface area contributed by atoms with Crippen molar-refractivity contribution in [1.29, 1.82) is 0 Å². The molecule has 5 amide bonds. The molecule has 414 valence electrons. The summed E-state index contributed by atoms with van der Waals surface area (Å²) in [5.74, 6) is -4.78. The van der Waals surface area contributed by atoms with Gasteiger partial charge >= 0.3 is 24.1 Å². The molecule has 2 aliphatic heterocycles. The van der Waals surface area contributed by atoms with Crippen molar-refractivity contribution in [3.05, 3.63) is 180 Å². The fraction of sp³-hybridized carbons (Fsp3) is 0.274. The molecule has 0 bridgehead atoms. The fourth-order valence-corrected chi connectivity index (χ4v) is 10.2. The third-order valence-electron chi connectivity index (χ3n) is 14.8. The Labute approximate surface area is 460 Å². The summed E-state index contributed by atoms with van der Waals surface area (Å²) in [6.45, 7) is 1.38. The number of hydrogen-bond donors (Lipinski definition) is 2. The molecule has 2 aliphatic rings. The van der Waals surface area contributed by atoms with Crippen LogP contribution in [0.3, 0.4) is 0 Å². The predicted molar refractivity (Wildman–Crippen MR) is 300 cm³/mol. The number of urea groups is 2. The van der Waals surface area contributed by atoms with E-state index < -0.39 is 36.0 Å². The minimum absolute atomic E-state index is 0.0631. The average Bonchev–Trinajstić information content (AvgIpc) is 4.05. The lowest BCUT2D eigenvalue weighted by Crippen LogP contribution is -2.45. The van der Waals surface area contributed by atoms with Gasteiger partial charge in [-0.3, -0.25) is 24.2 Å². The van der Waals surface area contributed by atoms with Crippen LogP contribution in [0.1, 0.15) is 70.4 Å². The molecule has 13 nitrogen and oxygen atoms in total. The highest BCUT2D eigenvalue weighted by Gasteiger charge is 2.38. The monoisotopic (exact) mass is 1090 g/mol. The molecule has 6 aromatic carbocycles. The highest BCUT2D eigenvalue weighted by atomic mass is 19.4. The second-order valence-corrected chi connectivity index (χ2v) is 20.2. The van der Waals surface area contributed by atoms with Crippen molar-refractivity contribution in [2.75, 3.05) is 49.1 Å². The molecule has 3 N–H and O–H groups in total. The number of alkyl halides is 3. The maximum absolute atomic E-state index is 15.2. The topological polar surface area (TPSA) is 146 Å². The van der Waals surface area contributed by atoms with Crippen LogP contribution in [0.15, 0.2) is 146 Å². The number of piperidine rings is 2. The van der Waals surface area contributed by atoms with Crippen LogP contribution in [0, 0.1) is 11.6 Å². The van der Waals surface area contributed by atoms with Gasteiger partial charge in [0, 0.05) is 108 Å². The first-order valence-electron chi connectivity index (χ1n) is 26.6. The second-order valence-electron chi connectivity index (χ2n) is 20.2. The molecule has 2 saturated heterocycles. The van der Waals surface area contributed by atoms with Crippen LogP contribution in [0.5, 0.6) is 0 Å². The lowest BCUT2D eigenvalue weighted by molar-refractivity contribution is -0.173. The molecule has 0 aliphatic carbocycles. The Morgan fingerprint density at radius 3 is 1.30 bits per heavy atom. The van der Waals surface area contributed by atoms with Gasteiger partial charge in [0.25, 0.3) is 0 Å². The minimum Gasteiger partial charge on any atom is -0.351 e. The summed E-state index contributed by atoms with van der Waals surface area (Å²) < 4.78 is 71.6. The molecule has 4 heterocycles. The number of carbonyl (C=O) groups excluding carboxylic acids is 5. The summed E-state index contributed by atoms with van der Waals surface area (Å²) in [5.41, 5.74) is 13.6. The van der Waals surface area contributed by atoms with E-state index in [1.807, 2.05) is 103 Å². The number of likely N-dealkylation sites (tertiary alicyclic amines) is 2. The molecule has 0 atom stereocenters. The number of carbonyl (C=O) groups is 5. The quantitative estimate of drug-likeness (QED) is 0.0868. The molecule has 0 saturated carbocycles.